The van der Waals surface area contributed by atoms with Crippen LogP contribution in [0.2, 0.25) is 0 Å². The van der Waals surface area contributed by atoms with Crippen molar-refractivity contribution in [2.75, 3.05) is 33.4 Å². The number of piperidine rings is 1. The summed E-state index contributed by atoms with van der Waals surface area (Å²) < 4.78 is 11.1. The van der Waals surface area contributed by atoms with Gasteiger partial charge in [-0.25, -0.2) is 4.98 Å². The van der Waals surface area contributed by atoms with Crippen molar-refractivity contribution in [1.82, 2.24) is 15.2 Å². The molecule has 1 saturated heterocycles. The molecule has 1 aliphatic rings. The molecule has 1 atom stereocenters. The molecule has 1 aromatic heterocycles. The highest BCUT2D eigenvalue weighted by molar-refractivity contribution is 5.97. The van der Waals surface area contributed by atoms with Crippen LogP contribution >= 0.6 is 24.8 Å². The summed E-state index contributed by atoms with van der Waals surface area (Å²) in [6.45, 7) is 7.16. The van der Waals surface area contributed by atoms with Gasteiger partial charge in [0, 0.05) is 50.2 Å². The van der Waals surface area contributed by atoms with Gasteiger partial charge in [0.25, 0.3) is 5.91 Å². The molecule has 2 aromatic rings. The van der Waals surface area contributed by atoms with Crippen molar-refractivity contribution in [3.05, 3.63) is 36.0 Å². The lowest BCUT2D eigenvalue weighted by molar-refractivity contribution is 0.0567. The van der Waals surface area contributed by atoms with E-state index >= 15 is 0 Å². The van der Waals surface area contributed by atoms with Gasteiger partial charge in [-0.15, -0.1) is 24.8 Å². The summed E-state index contributed by atoms with van der Waals surface area (Å²) in [7, 11) is 1.68. The van der Waals surface area contributed by atoms with Crippen molar-refractivity contribution in [3.63, 3.8) is 0 Å². The van der Waals surface area contributed by atoms with E-state index in [2.05, 4.69) is 24.1 Å². The summed E-state index contributed by atoms with van der Waals surface area (Å²) in [5.41, 5.74) is 1.22. The third-order valence-electron chi connectivity index (χ3n) is 5.10. The molecule has 0 bridgehead atoms. The van der Waals surface area contributed by atoms with E-state index in [4.69, 9.17) is 9.47 Å². The zero-order valence-electron chi connectivity index (χ0n) is 17.9. The Morgan fingerprint density at radius 3 is 2.70 bits per heavy atom. The SMILES string of the molecule is COCCCOc1cc(C(=O)N(C(C)C)[C@@H]2CCCNC2)nc2ccccc12.Cl.Cl. The number of carbonyl (C=O) groups is 1. The number of rotatable bonds is 8. The number of para-hydroxylation sites is 1. The molecule has 2 heterocycles. The van der Waals surface area contributed by atoms with Gasteiger partial charge in [-0.1, -0.05) is 12.1 Å². The summed E-state index contributed by atoms with van der Waals surface area (Å²) in [6.07, 6.45) is 2.90. The number of benzene rings is 1. The Labute approximate surface area is 191 Å². The third kappa shape index (κ3) is 6.45. The topological polar surface area (TPSA) is 63.7 Å². The Bertz CT molecular complexity index is 798. The number of aromatic nitrogens is 1. The number of nitrogens with zero attached hydrogens (tertiary/aromatic N) is 2. The van der Waals surface area contributed by atoms with Gasteiger partial charge in [-0.05, 0) is 45.4 Å². The lowest BCUT2D eigenvalue weighted by Crippen LogP contribution is -2.51. The van der Waals surface area contributed by atoms with Crippen LogP contribution < -0.4 is 10.1 Å². The third-order valence-corrected chi connectivity index (χ3v) is 5.10. The molecular formula is C22H33Cl2N3O3. The molecule has 8 heteroatoms. The van der Waals surface area contributed by atoms with Gasteiger partial charge in [-0.3, -0.25) is 4.79 Å². The van der Waals surface area contributed by atoms with Gasteiger partial charge in [0.15, 0.2) is 0 Å². The number of hydrogen-bond donors (Lipinski definition) is 1. The zero-order chi connectivity index (χ0) is 19.9. The number of amides is 1. The number of methoxy groups -OCH3 is 1. The van der Waals surface area contributed by atoms with Gasteiger partial charge in [-0.2, -0.15) is 0 Å². The molecule has 0 saturated carbocycles. The molecule has 1 amide bonds. The van der Waals surface area contributed by atoms with Gasteiger partial charge in [0.2, 0.25) is 0 Å². The van der Waals surface area contributed by atoms with Gasteiger partial charge < -0.3 is 19.7 Å². The molecule has 168 valence electrons. The van der Waals surface area contributed by atoms with E-state index in [0.717, 1.165) is 43.3 Å². The predicted molar refractivity (Wildman–Crippen MR) is 125 cm³/mol. The van der Waals surface area contributed by atoms with Gasteiger partial charge in [0.05, 0.1) is 12.1 Å². The number of fused-ring (bicyclic) bond motifs is 1. The van der Waals surface area contributed by atoms with Gasteiger partial charge >= 0.3 is 0 Å². The van der Waals surface area contributed by atoms with Crippen LogP contribution in [0.25, 0.3) is 10.9 Å². The summed E-state index contributed by atoms with van der Waals surface area (Å²) in [4.78, 5) is 20.1. The summed E-state index contributed by atoms with van der Waals surface area (Å²) in [5, 5.41) is 4.33. The summed E-state index contributed by atoms with van der Waals surface area (Å²) in [6, 6.07) is 9.90. The van der Waals surface area contributed by atoms with E-state index in [1.54, 1.807) is 13.2 Å². The normalized spacial score (nSPS) is 15.9. The van der Waals surface area contributed by atoms with Crippen molar-refractivity contribution in [2.45, 2.75) is 45.2 Å². The molecule has 1 aliphatic heterocycles. The maximum absolute atomic E-state index is 13.4. The fraction of sp³-hybridized carbons (Fsp3) is 0.545. The van der Waals surface area contributed by atoms with E-state index in [1.807, 2.05) is 29.2 Å². The van der Waals surface area contributed by atoms with Crippen LogP contribution in [0.15, 0.2) is 30.3 Å². The maximum atomic E-state index is 13.4. The highest BCUT2D eigenvalue weighted by atomic mass is 35.5. The van der Waals surface area contributed by atoms with Crippen molar-refractivity contribution >= 4 is 41.6 Å². The van der Waals surface area contributed by atoms with Crippen LogP contribution in [0.3, 0.4) is 0 Å². The first-order valence-corrected chi connectivity index (χ1v) is 10.2. The van der Waals surface area contributed by atoms with Crippen molar-refractivity contribution in [3.8, 4) is 5.75 Å². The number of ether oxygens (including phenoxy) is 2. The first-order valence-electron chi connectivity index (χ1n) is 10.2. The first kappa shape index (κ1) is 26.4. The van der Waals surface area contributed by atoms with Crippen molar-refractivity contribution in [2.24, 2.45) is 0 Å². The summed E-state index contributed by atoms with van der Waals surface area (Å²) >= 11 is 0. The average molecular weight is 458 g/mol. The fourth-order valence-corrected chi connectivity index (χ4v) is 3.78. The minimum absolute atomic E-state index is 0. The minimum Gasteiger partial charge on any atom is -0.493 e. The Balaban J connectivity index is 0.00000225. The summed E-state index contributed by atoms with van der Waals surface area (Å²) in [5.74, 6) is 0.673. The lowest BCUT2D eigenvalue weighted by Gasteiger charge is -2.37. The monoisotopic (exact) mass is 457 g/mol. The Kier molecular flexibility index (Phi) is 11.4. The molecule has 0 radical (unpaired) electrons. The van der Waals surface area contributed by atoms with Crippen LogP contribution in [0, 0.1) is 0 Å². The maximum Gasteiger partial charge on any atom is 0.273 e. The molecule has 30 heavy (non-hydrogen) atoms. The number of nitrogens with one attached hydrogen (secondary N) is 1. The van der Waals surface area contributed by atoms with Crippen LogP contribution in [-0.2, 0) is 4.74 Å². The van der Waals surface area contributed by atoms with Crippen LogP contribution in [-0.4, -0.2) is 61.3 Å². The van der Waals surface area contributed by atoms with E-state index in [-0.39, 0.29) is 42.8 Å². The van der Waals surface area contributed by atoms with Crippen molar-refractivity contribution < 1.29 is 14.3 Å². The van der Waals surface area contributed by atoms with Crippen LogP contribution in [0.5, 0.6) is 5.75 Å². The van der Waals surface area contributed by atoms with Crippen LogP contribution in [0.4, 0.5) is 0 Å². The second-order valence-electron chi connectivity index (χ2n) is 7.52. The second kappa shape index (κ2) is 13.0. The van der Waals surface area contributed by atoms with E-state index in [9.17, 15) is 4.79 Å². The standard InChI is InChI=1S/C22H31N3O3.2ClH/c1-16(2)25(17-8-6-11-23-15-17)22(26)20-14-21(28-13-7-12-27-3)18-9-4-5-10-19(18)24-20;;/h4-5,9-10,14,16-17,23H,6-8,11-13,15H2,1-3H3;2*1H/t17-;;/m1../s1. The average Bonchev–Trinajstić information content (AvgIpc) is 2.71. The highest BCUT2D eigenvalue weighted by Crippen LogP contribution is 2.27. The molecule has 1 aromatic carbocycles. The molecule has 6 nitrogen and oxygen atoms in total. The van der Waals surface area contributed by atoms with Crippen molar-refractivity contribution in [1.29, 1.82) is 0 Å². The van der Waals surface area contributed by atoms with Crippen LogP contribution in [0.1, 0.15) is 43.6 Å². The molecule has 1 N–H and O–H groups in total. The lowest BCUT2D eigenvalue weighted by atomic mass is 10.0. The Morgan fingerprint density at radius 1 is 1.27 bits per heavy atom. The number of carbonyl (C=O) groups excluding carboxylic acids is 1. The Morgan fingerprint density at radius 2 is 2.03 bits per heavy atom. The molecule has 0 spiro atoms. The highest BCUT2D eigenvalue weighted by Gasteiger charge is 2.29. The fourth-order valence-electron chi connectivity index (χ4n) is 3.78. The molecule has 0 aliphatic carbocycles. The molecular weight excluding hydrogens is 425 g/mol. The quantitative estimate of drug-likeness (QED) is 0.604. The predicted octanol–water partition coefficient (Wildman–Crippen LogP) is 4.10. The molecule has 0 unspecified atom stereocenters. The minimum atomic E-state index is -0.0313. The smallest absolute Gasteiger partial charge is 0.273 e. The zero-order valence-corrected chi connectivity index (χ0v) is 19.6. The van der Waals surface area contributed by atoms with E-state index in [0.29, 0.717) is 24.7 Å². The number of hydrogen-bond acceptors (Lipinski definition) is 5. The largest absolute Gasteiger partial charge is 0.493 e. The van der Waals surface area contributed by atoms with E-state index in [1.165, 1.54) is 0 Å². The first-order chi connectivity index (χ1) is 13.6. The number of pyridine rings is 1. The Hall–Kier alpha value is -1.60. The number of halogens is 2. The molecule has 3 rings (SSSR count). The van der Waals surface area contributed by atoms with Gasteiger partial charge in [0.1, 0.15) is 11.4 Å². The molecule has 1 fully saturated rings. The van der Waals surface area contributed by atoms with E-state index < -0.39 is 0 Å². The second-order valence-corrected chi connectivity index (χ2v) is 7.52.